The van der Waals surface area contributed by atoms with Crippen LogP contribution in [0.5, 0.6) is 0 Å². The van der Waals surface area contributed by atoms with E-state index in [0.29, 0.717) is 11.6 Å². The number of hydrogen-bond donors (Lipinski definition) is 0. The predicted molar refractivity (Wildman–Crippen MR) is 94.2 cm³/mol. The number of rotatable bonds is 4. The molecule has 1 aliphatic rings. The molecule has 4 nitrogen and oxygen atoms in total. The van der Waals surface area contributed by atoms with Gasteiger partial charge in [0.1, 0.15) is 5.92 Å². The number of aliphatic imine (C=N–C) groups is 1. The first-order valence-corrected chi connectivity index (χ1v) is 7.71. The molecule has 2 aromatic rings. The lowest BCUT2D eigenvalue weighted by molar-refractivity contribution is -0.118. The Balaban J connectivity index is 1.69. The molecule has 0 aliphatic carbocycles. The first-order valence-electron chi connectivity index (χ1n) is 7.33. The highest BCUT2D eigenvalue weighted by molar-refractivity contribution is 6.30. The summed E-state index contributed by atoms with van der Waals surface area (Å²) in [4.78, 5) is 16.9. The number of hydrazone groups is 1. The largest absolute Gasteiger partial charge is 0.292 e. The maximum Gasteiger partial charge on any atom is 0.261 e. The topological polar surface area (TPSA) is 45.0 Å². The van der Waals surface area contributed by atoms with E-state index in [1.54, 1.807) is 6.21 Å². The monoisotopic (exact) mass is 325 g/mol. The molecular weight excluding hydrogens is 310 g/mol. The van der Waals surface area contributed by atoms with E-state index >= 15 is 0 Å². The molecule has 0 aromatic heterocycles. The van der Waals surface area contributed by atoms with Gasteiger partial charge in [-0.2, -0.15) is 10.1 Å². The molecule has 0 radical (unpaired) electrons. The number of carbonyl (C=O) groups excluding carboxylic acids is 1. The highest BCUT2D eigenvalue weighted by Crippen LogP contribution is 2.22. The summed E-state index contributed by atoms with van der Waals surface area (Å²) in [5.74, 6) is -0.476. The summed E-state index contributed by atoms with van der Waals surface area (Å²) < 4.78 is 0. The summed E-state index contributed by atoms with van der Waals surface area (Å²) in [6.07, 6.45) is 1.68. The average Bonchev–Trinajstić information content (AvgIpc) is 2.85. The first-order chi connectivity index (χ1) is 11.1. The van der Waals surface area contributed by atoms with Gasteiger partial charge in [-0.3, -0.25) is 9.79 Å². The standard InChI is InChI=1S/C18H16ClN3O/c1-13-17(12-20-11-14-7-9-15(19)10-8-14)18(23)22(21-13)16-5-3-2-4-6-16/h2-10,12,17H,11H2,1H3/t17-/m1/s1. The van der Waals surface area contributed by atoms with Gasteiger partial charge in [-0.15, -0.1) is 0 Å². The zero-order chi connectivity index (χ0) is 16.2. The smallest absolute Gasteiger partial charge is 0.261 e. The van der Waals surface area contributed by atoms with Gasteiger partial charge in [-0.25, -0.2) is 0 Å². The minimum Gasteiger partial charge on any atom is -0.292 e. The minimum absolute atomic E-state index is 0.0754. The lowest BCUT2D eigenvalue weighted by atomic mass is 10.1. The van der Waals surface area contributed by atoms with Crippen molar-refractivity contribution in [3.05, 3.63) is 65.2 Å². The van der Waals surface area contributed by atoms with Crippen LogP contribution < -0.4 is 5.01 Å². The number of amides is 1. The highest BCUT2D eigenvalue weighted by atomic mass is 35.5. The fourth-order valence-electron chi connectivity index (χ4n) is 2.36. The van der Waals surface area contributed by atoms with Gasteiger partial charge in [-0.1, -0.05) is 41.9 Å². The molecule has 1 amide bonds. The van der Waals surface area contributed by atoms with E-state index in [-0.39, 0.29) is 5.91 Å². The van der Waals surface area contributed by atoms with Gasteiger partial charge >= 0.3 is 0 Å². The van der Waals surface area contributed by atoms with Crippen molar-refractivity contribution in [1.29, 1.82) is 0 Å². The van der Waals surface area contributed by atoms with Gasteiger partial charge in [0.2, 0.25) is 0 Å². The van der Waals surface area contributed by atoms with Crippen molar-refractivity contribution < 1.29 is 4.79 Å². The molecule has 116 valence electrons. The van der Waals surface area contributed by atoms with Crippen LogP contribution in [-0.2, 0) is 11.3 Å². The van der Waals surface area contributed by atoms with Crippen molar-refractivity contribution in [1.82, 2.24) is 0 Å². The summed E-state index contributed by atoms with van der Waals surface area (Å²) in [7, 11) is 0. The molecule has 0 saturated heterocycles. The van der Waals surface area contributed by atoms with Gasteiger partial charge in [0.25, 0.3) is 5.91 Å². The van der Waals surface area contributed by atoms with Crippen LogP contribution in [0.15, 0.2) is 64.7 Å². The van der Waals surface area contributed by atoms with Crippen LogP contribution in [0.4, 0.5) is 5.69 Å². The molecule has 0 saturated carbocycles. The van der Waals surface area contributed by atoms with Gasteiger partial charge in [0.05, 0.1) is 17.9 Å². The Labute approximate surface area is 140 Å². The average molecular weight is 326 g/mol. The molecule has 0 spiro atoms. The van der Waals surface area contributed by atoms with Gasteiger partial charge in [0.15, 0.2) is 0 Å². The summed E-state index contributed by atoms with van der Waals surface area (Å²) in [6, 6.07) is 16.9. The summed E-state index contributed by atoms with van der Waals surface area (Å²) in [5, 5.41) is 6.49. The van der Waals surface area contributed by atoms with Crippen LogP contribution in [0.3, 0.4) is 0 Å². The molecule has 0 N–H and O–H groups in total. The quantitative estimate of drug-likeness (QED) is 0.785. The van der Waals surface area contributed by atoms with E-state index in [1.807, 2.05) is 61.5 Å². The molecule has 5 heteroatoms. The summed E-state index contributed by atoms with van der Waals surface area (Å²) in [5.41, 5.74) is 2.56. The molecule has 23 heavy (non-hydrogen) atoms. The third-order valence-electron chi connectivity index (χ3n) is 3.62. The molecule has 0 bridgehead atoms. The van der Waals surface area contributed by atoms with E-state index in [9.17, 15) is 4.79 Å². The SMILES string of the molecule is CC1=NN(c2ccccc2)C(=O)[C@@H]1C=NCc1ccc(Cl)cc1. The lowest BCUT2D eigenvalue weighted by Gasteiger charge is -2.12. The summed E-state index contributed by atoms with van der Waals surface area (Å²) >= 11 is 5.86. The van der Waals surface area contributed by atoms with Gasteiger partial charge in [-0.05, 0) is 36.8 Å². The third-order valence-corrected chi connectivity index (χ3v) is 3.88. The Hall–Kier alpha value is -2.46. The van der Waals surface area contributed by atoms with E-state index in [1.165, 1.54) is 5.01 Å². The van der Waals surface area contributed by atoms with Crippen LogP contribution >= 0.6 is 11.6 Å². The first kappa shape index (κ1) is 15.4. The second-order valence-corrected chi connectivity index (χ2v) is 5.76. The van der Waals surface area contributed by atoms with Crippen molar-refractivity contribution in [3.63, 3.8) is 0 Å². The minimum atomic E-state index is -0.400. The fraction of sp³-hybridized carbons (Fsp3) is 0.167. The van der Waals surface area contributed by atoms with Gasteiger partial charge < -0.3 is 0 Å². The molecule has 2 aromatic carbocycles. The van der Waals surface area contributed by atoms with Crippen LogP contribution in [0.2, 0.25) is 5.02 Å². The Bertz CT molecular complexity index is 754. The van der Waals surface area contributed by atoms with Crippen molar-refractivity contribution in [3.8, 4) is 0 Å². The second-order valence-electron chi connectivity index (χ2n) is 5.32. The lowest BCUT2D eigenvalue weighted by Crippen LogP contribution is -2.27. The number of hydrogen-bond acceptors (Lipinski definition) is 3. The van der Waals surface area contributed by atoms with E-state index in [0.717, 1.165) is 17.0 Å². The van der Waals surface area contributed by atoms with E-state index in [2.05, 4.69) is 10.1 Å². The number of nitrogens with zero attached hydrogens (tertiary/aromatic N) is 3. The highest BCUT2D eigenvalue weighted by Gasteiger charge is 2.32. The normalized spacial score (nSPS) is 17.8. The van der Waals surface area contributed by atoms with Crippen LogP contribution in [0.1, 0.15) is 12.5 Å². The Kier molecular flexibility index (Phi) is 4.53. The molecule has 0 unspecified atom stereocenters. The van der Waals surface area contributed by atoms with Crippen molar-refractivity contribution in [2.75, 3.05) is 5.01 Å². The molecule has 1 aliphatic heterocycles. The molecule has 1 atom stereocenters. The number of anilines is 1. The Morgan fingerprint density at radius 3 is 2.57 bits per heavy atom. The third kappa shape index (κ3) is 3.48. The van der Waals surface area contributed by atoms with Gasteiger partial charge in [0, 0.05) is 11.2 Å². The van der Waals surface area contributed by atoms with E-state index in [4.69, 9.17) is 11.6 Å². The predicted octanol–water partition coefficient (Wildman–Crippen LogP) is 3.95. The Morgan fingerprint density at radius 2 is 1.87 bits per heavy atom. The Morgan fingerprint density at radius 1 is 1.17 bits per heavy atom. The zero-order valence-corrected chi connectivity index (χ0v) is 13.4. The van der Waals surface area contributed by atoms with Crippen LogP contribution in [-0.4, -0.2) is 17.8 Å². The van der Waals surface area contributed by atoms with Crippen LogP contribution in [0.25, 0.3) is 0 Å². The molecule has 0 fully saturated rings. The van der Waals surface area contributed by atoms with Crippen LogP contribution in [0, 0.1) is 5.92 Å². The maximum atomic E-state index is 12.5. The summed E-state index contributed by atoms with van der Waals surface area (Å²) in [6.45, 7) is 2.36. The molecule has 3 rings (SSSR count). The van der Waals surface area contributed by atoms with Crippen molar-refractivity contribution >= 4 is 35.1 Å². The number of halogens is 1. The number of benzene rings is 2. The number of carbonyl (C=O) groups is 1. The number of para-hydroxylation sites is 1. The van der Waals surface area contributed by atoms with Crippen molar-refractivity contribution in [2.24, 2.45) is 16.0 Å². The second kappa shape index (κ2) is 6.75. The fourth-order valence-corrected chi connectivity index (χ4v) is 2.48. The maximum absolute atomic E-state index is 12.5. The van der Waals surface area contributed by atoms with Crippen molar-refractivity contribution in [2.45, 2.75) is 13.5 Å². The molecular formula is C18H16ClN3O. The zero-order valence-electron chi connectivity index (χ0n) is 12.7. The molecule has 1 heterocycles. The van der Waals surface area contributed by atoms with E-state index < -0.39 is 5.92 Å².